The van der Waals surface area contributed by atoms with Crippen molar-refractivity contribution in [2.45, 2.75) is 12.8 Å². The lowest BCUT2D eigenvalue weighted by molar-refractivity contribution is -0.127. The van der Waals surface area contributed by atoms with Crippen LogP contribution in [-0.2, 0) is 11.2 Å². The number of rotatable bonds is 4. The van der Waals surface area contributed by atoms with Crippen molar-refractivity contribution in [3.63, 3.8) is 0 Å². The number of hydrogen-bond donors (Lipinski definition) is 1. The molecule has 1 saturated heterocycles. The van der Waals surface area contributed by atoms with Gasteiger partial charge in [0, 0.05) is 43.2 Å². The average Bonchev–Trinajstić information content (AvgIpc) is 3.02. The molecule has 1 amide bonds. The number of carbonyl (C=O) groups is 1. The van der Waals surface area contributed by atoms with E-state index in [2.05, 4.69) is 16.0 Å². The van der Waals surface area contributed by atoms with Gasteiger partial charge >= 0.3 is 0 Å². The first-order chi connectivity index (χ1) is 9.26. The van der Waals surface area contributed by atoms with Crippen LogP contribution >= 0.6 is 11.6 Å². The molecule has 4 nitrogen and oxygen atoms in total. The Morgan fingerprint density at radius 3 is 3.21 bits per heavy atom. The first-order valence-corrected chi connectivity index (χ1v) is 7.05. The molecule has 1 aliphatic heterocycles. The third kappa shape index (κ3) is 2.59. The summed E-state index contributed by atoms with van der Waals surface area (Å²) in [6.07, 6.45) is 5.20. The average molecular weight is 278 g/mol. The highest BCUT2D eigenvalue weighted by Crippen LogP contribution is 2.19. The van der Waals surface area contributed by atoms with Gasteiger partial charge in [-0.05, 0) is 30.0 Å². The van der Waals surface area contributed by atoms with Gasteiger partial charge in [0.25, 0.3) is 0 Å². The molecule has 0 spiro atoms. The fraction of sp³-hybridized carbons (Fsp3) is 0.429. The number of aromatic amines is 1. The summed E-state index contributed by atoms with van der Waals surface area (Å²) in [6, 6.07) is 4.13. The lowest BCUT2D eigenvalue weighted by Crippen LogP contribution is -2.27. The molecule has 100 valence electrons. The molecular formula is C14H16ClN3O. The third-order valence-electron chi connectivity index (χ3n) is 3.64. The Bertz CT molecular complexity index is 595. The molecule has 0 radical (unpaired) electrons. The van der Waals surface area contributed by atoms with Crippen LogP contribution < -0.4 is 0 Å². The molecule has 2 aromatic heterocycles. The van der Waals surface area contributed by atoms with Crippen LogP contribution in [0.15, 0.2) is 24.5 Å². The summed E-state index contributed by atoms with van der Waals surface area (Å²) in [5, 5.41) is 1.11. The Labute approximate surface area is 116 Å². The van der Waals surface area contributed by atoms with Crippen LogP contribution in [0.25, 0.3) is 11.0 Å². The highest BCUT2D eigenvalue weighted by Gasteiger charge is 2.28. The first-order valence-electron chi connectivity index (χ1n) is 6.52. The zero-order valence-corrected chi connectivity index (χ0v) is 11.4. The number of fused-ring (bicyclic) bond motifs is 1. The lowest BCUT2D eigenvalue weighted by Gasteiger charge is -2.16. The Morgan fingerprint density at radius 1 is 1.53 bits per heavy atom. The molecule has 3 rings (SSSR count). The number of alkyl halides is 1. The minimum atomic E-state index is 0.223. The number of aromatic nitrogens is 2. The SMILES string of the molecule is O=C1CC(CCl)CN1CCc1cnc2[nH]ccc2c1. The van der Waals surface area contributed by atoms with E-state index in [-0.39, 0.29) is 5.91 Å². The summed E-state index contributed by atoms with van der Waals surface area (Å²) in [5.74, 6) is 1.11. The second kappa shape index (κ2) is 5.21. The van der Waals surface area contributed by atoms with Crippen molar-refractivity contribution in [2.24, 2.45) is 5.92 Å². The lowest BCUT2D eigenvalue weighted by atomic mass is 10.1. The van der Waals surface area contributed by atoms with Crippen molar-refractivity contribution in [1.29, 1.82) is 0 Å². The van der Waals surface area contributed by atoms with E-state index in [1.807, 2.05) is 23.4 Å². The second-order valence-corrected chi connectivity index (χ2v) is 5.38. The van der Waals surface area contributed by atoms with Crippen LogP contribution in [0.5, 0.6) is 0 Å². The van der Waals surface area contributed by atoms with Gasteiger partial charge in [0.1, 0.15) is 5.65 Å². The van der Waals surface area contributed by atoms with Gasteiger partial charge in [-0.1, -0.05) is 0 Å². The zero-order chi connectivity index (χ0) is 13.2. The maximum absolute atomic E-state index is 11.8. The molecule has 1 N–H and O–H groups in total. The van der Waals surface area contributed by atoms with Crippen molar-refractivity contribution in [2.75, 3.05) is 19.0 Å². The van der Waals surface area contributed by atoms with Crippen LogP contribution in [0.1, 0.15) is 12.0 Å². The molecule has 1 unspecified atom stereocenters. The van der Waals surface area contributed by atoms with Gasteiger partial charge in [0.05, 0.1) is 0 Å². The fourth-order valence-corrected chi connectivity index (χ4v) is 2.77. The Balaban J connectivity index is 1.64. The van der Waals surface area contributed by atoms with Gasteiger partial charge < -0.3 is 9.88 Å². The van der Waals surface area contributed by atoms with E-state index >= 15 is 0 Å². The number of pyridine rings is 1. The molecule has 1 atom stereocenters. The van der Waals surface area contributed by atoms with E-state index in [0.29, 0.717) is 18.2 Å². The first kappa shape index (κ1) is 12.5. The second-order valence-electron chi connectivity index (χ2n) is 5.07. The van der Waals surface area contributed by atoms with Gasteiger partial charge in [-0.2, -0.15) is 0 Å². The molecular weight excluding hydrogens is 262 g/mol. The predicted molar refractivity (Wildman–Crippen MR) is 75.2 cm³/mol. The van der Waals surface area contributed by atoms with Crippen molar-refractivity contribution in [3.05, 3.63) is 30.1 Å². The normalized spacial score (nSPS) is 19.5. The maximum Gasteiger partial charge on any atom is 0.222 e. The maximum atomic E-state index is 11.8. The van der Waals surface area contributed by atoms with Gasteiger partial charge in [-0.3, -0.25) is 4.79 Å². The van der Waals surface area contributed by atoms with Gasteiger partial charge in [0.2, 0.25) is 5.91 Å². The van der Waals surface area contributed by atoms with Crippen LogP contribution in [-0.4, -0.2) is 39.7 Å². The molecule has 1 aliphatic rings. The van der Waals surface area contributed by atoms with E-state index in [0.717, 1.165) is 36.1 Å². The van der Waals surface area contributed by atoms with Crippen LogP contribution in [0, 0.1) is 5.92 Å². The molecule has 19 heavy (non-hydrogen) atoms. The Kier molecular flexibility index (Phi) is 3.42. The number of H-pyrrole nitrogens is 1. The fourth-order valence-electron chi connectivity index (χ4n) is 2.56. The van der Waals surface area contributed by atoms with Crippen molar-refractivity contribution < 1.29 is 4.79 Å². The van der Waals surface area contributed by atoms with Crippen molar-refractivity contribution >= 4 is 28.5 Å². The van der Waals surface area contributed by atoms with Crippen LogP contribution in [0.4, 0.5) is 0 Å². The molecule has 2 aromatic rings. The zero-order valence-electron chi connectivity index (χ0n) is 10.6. The van der Waals surface area contributed by atoms with Gasteiger partial charge in [-0.25, -0.2) is 4.98 Å². The summed E-state index contributed by atoms with van der Waals surface area (Å²) < 4.78 is 0. The summed E-state index contributed by atoms with van der Waals surface area (Å²) in [4.78, 5) is 21.1. The standard InChI is InChI=1S/C14H16ClN3O/c15-7-11-6-13(19)18(9-11)4-2-10-5-12-1-3-16-14(12)17-8-10/h1,3,5,8,11H,2,4,6-7,9H2,(H,16,17). The molecule has 0 bridgehead atoms. The largest absolute Gasteiger partial charge is 0.346 e. The highest BCUT2D eigenvalue weighted by atomic mass is 35.5. The van der Waals surface area contributed by atoms with Crippen LogP contribution in [0.2, 0.25) is 0 Å². The molecule has 0 aliphatic carbocycles. The summed E-state index contributed by atoms with van der Waals surface area (Å²) in [7, 11) is 0. The minimum Gasteiger partial charge on any atom is -0.346 e. The predicted octanol–water partition coefficient (Wildman–Crippen LogP) is 2.19. The topological polar surface area (TPSA) is 49.0 Å². The number of hydrogen-bond acceptors (Lipinski definition) is 2. The Hall–Kier alpha value is -1.55. The highest BCUT2D eigenvalue weighted by molar-refractivity contribution is 6.18. The summed E-state index contributed by atoms with van der Waals surface area (Å²) >= 11 is 5.82. The quantitative estimate of drug-likeness (QED) is 0.871. The number of carbonyl (C=O) groups excluding carboxylic acids is 1. The molecule has 5 heteroatoms. The van der Waals surface area contributed by atoms with Gasteiger partial charge in [0.15, 0.2) is 0 Å². The summed E-state index contributed by atoms with van der Waals surface area (Å²) in [5.41, 5.74) is 2.07. The smallest absolute Gasteiger partial charge is 0.222 e. The van der Waals surface area contributed by atoms with E-state index in [4.69, 9.17) is 11.6 Å². The molecule has 0 saturated carbocycles. The van der Waals surface area contributed by atoms with Crippen molar-refractivity contribution in [1.82, 2.24) is 14.9 Å². The van der Waals surface area contributed by atoms with E-state index in [9.17, 15) is 4.79 Å². The van der Waals surface area contributed by atoms with Crippen LogP contribution in [0.3, 0.4) is 0 Å². The molecule has 3 heterocycles. The van der Waals surface area contributed by atoms with Gasteiger partial charge in [-0.15, -0.1) is 11.6 Å². The molecule has 1 fully saturated rings. The Morgan fingerprint density at radius 2 is 2.42 bits per heavy atom. The monoisotopic (exact) mass is 277 g/mol. The van der Waals surface area contributed by atoms with Crippen molar-refractivity contribution in [3.8, 4) is 0 Å². The van der Waals surface area contributed by atoms with E-state index in [1.165, 1.54) is 0 Å². The van der Waals surface area contributed by atoms with E-state index < -0.39 is 0 Å². The number of amides is 1. The minimum absolute atomic E-state index is 0.223. The van der Waals surface area contributed by atoms with E-state index in [1.54, 1.807) is 0 Å². The number of halogens is 1. The third-order valence-corrected chi connectivity index (χ3v) is 4.08. The number of nitrogens with zero attached hydrogens (tertiary/aromatic N) is 2. The molecule has 0 aromatic carbocycles. The number of nitrogens with one attached hydrogen (secondary N) is 1. The number of likely N-dealkylation sites (tertiary alicyclic amines) is 1. The summed E-state index contributed by atoms with van der Waals surface area (Å²) in [6.45, 7) is 1.55.